The Balaban J connectivity index is 2.64. The first-order chi connectivity index (χ1) is 6.68. The van der Waals surface area contributed by atoms with Crippen LogP contribution in [0.5, 0.6) is 0 Å². The van der Waals surface area contributed by atoms with Gasteiger partial charge in [-0.05, 0) is 12.1 Å². The van der Waals surface area contributed by atoms with Crippen molar-refractivity contribution >= 4 is 27.5 Å². The zero-order chi connectivity index (χ0) is 10.1. The Bertz CT molecular complexity index is 437. The highest BCUT2D eigenvalue weighted by molar-refractivity contribution is 9.10. The first kappa shape index (κ1) is 9.61. The fourth-order valence-corrected chi connectivity index (χ4v) is 1.89. The van der Waals surface area contributed by atoms with Gasteiger partial charge in [0.2, 0.25) is 12.2 Å². The fraction of sp³-hybridized carbons (Fsp3) is 0. The molecular weight excluding hydrogens is 274 g/mol. The van der Waals surface area contributed by atoms with Crippen molar-refractivity contribution in [3.05, 3.63) is 33.8 Å². The normalized spacial score (nSPS) is 10.5. The molecule has 0 aliphatic carbocycles. The van der Waals surface area contributed by atoms with Gasteiger partial charge in [0.25, 0.3) is 0 Å². The molecule has 0 amide bonds. The second-order valence-corrected chi connectivity index (χ2v) is 3.82. The minimum absolute atomic E-state index is 0.139. The Morgan fingerprint density at radius 3 is 2.79 bits per heavy atom. The number of hydrogen-bond acceptors (Lipinski definition) is 3. The molecule has 0 saturated heterocycles. The van der Waals surface area contributed by atoms with E-state index in [1.165, 1.54) is 6.07 Å². The predicted molar refractivity (Wildman–Crippen MR) is 52.4 cm³/mol. The summed E-state index contributed by atoms with van der Waals surface area (Å²) in [5.74, 6) is -0.356. The Morgan fingerprint density at radius 1 is 1.43 bits per heavy atom. The third-order valence-electron chi connectivity index (χ3n) is 1.59. The molecular formula is C8H3BrClFN2O. The van der Waals surface area contributed by atoms with E-state index in [4.69, 9.17) is 11.6 Å². The van der Waals surface area contributed by atoms with E-state index in [1.54, 1.807) is 6.07 Å². The monoisotopic (exact) mass is 276 g/mol. The molecule has 0 aliphatic heterocycles. The summed E-state index contributed by atoms with van der Waals surface area (Å²) in [6.07, 6.45) is 1.12. The lowest BCUT2D eigenvalue weighted by molar-refractivity contribution is 0.418. The van der Waals surface area contributed by atoms with Crippen LogP contribution < -0.4 is 0 Å². The molecule has 72 valence electrons. The van der Waals surface area contributed by atoms with Gasteiger partial charge in [-0.1, -0.05) is 32.7 Å². The molecule has 1 heterocycles. The highest BCUT2D eigenvalue weighted by Crippen LogP contribution is 2.31. The van der Waals surface area contributed by atoms with E-state index < -0.39 is 5.82 Å². The largest absolute Gasteiger partial charge is 0.342 e. The second kappa shape index (κ2) is 3.67. The summed E-state index contributed by atoms with van der Waals surface area (Å²) in [5.41, 5.74) is 0.142. The zero-order valence-electron chi connectivity index (χ0n) is 6.67. The second-order valence-electron chi connectivity index (χ2n) is 2.50. The van der Waals surface area contributed by atoms with E-state index >= 15 is 0 Å². The Morgan fingerprint density at radius 2 is 2.21 bits per heavy atom. The first-order valence-electron chi connectivity index (χ1n) is 3.60. The van der Waals surface area contributed by atoms with Gasteiger partial charge in [0, 0.05) is 4.47 Å². The van der Waals surface area contributed by atoms with Crippen LogP contribution in [0.1, 0.15) is 0 Å². The molecule has 2 rings (SSSR count). The van der Waals surface area contributed by atoms with E-state index in [2.05, 4.69) is 30.6 Å². The molecule has 0 radical (unpaired) electrons. The molecule has 0 N–H and O–H groups in total. The fourth-order valence-electron chi connectivity index (χ4n) is 1.04. The van der Waals surface area contributed by atoms with Crippen molar-refractivity contribution in [2.45, 2.75) is 0 Å². The lowest BCUT2D eigenvalue weighted by Gasteiger charge is -2.01. The number of aromatic nitrogens is 2. The van der Waals surface area contributed by atoms with Gasteiger partial charge in [0.1, 0.15) is 5.82 Å². The van der Waals surface area contributed by atoms with Crippen molar-refractivity contribution < 1.29 is 8.91 Å². The topological polar surface area (TPSA) is 38.9 Å². The molecule has 0 aliphatic rings. The maximum Gasteiger partial charge on any atom is 0.214 e. The van der Waals surface area contributed by atoms with Crippen molar-refractivity contribution in [1.29, 1.82) is 0 Å². The van der Waals surface area contributed by atoms with Crippen LogP contribution in [0.2, 0.25) is 5.02 Å². The molecule has 3 nitrogen and oxygen atoms in total. The van der Waals surface area contributed by atoms with Crippen molar-refractivity contribution in [2.75, 3.05) is 0 Å². The van der Waals surface area contributed by atoms with Crippen molar-refractivity contribution in [2.24, 2.45) is 0 Å². The average molecular weight is 277 g/mol. The molecule has 0 fully saturated rings. The SMILES string of the molecule is Fc1cc(Br)cc(Cl)c1-c1ncon1. The lowest BCUT2D eigenvalue weighted by Crippen LogP contribution is -1.88. The number of hydrogen-bond donors (Lipinski definition) is 0. The minimum Gasteiger partial charge on any atom is -0.342 e. The highest BCUT2D eigenvalue weighted by atomic mass is 79.9. The predicted octanol–water partition coefficient (Wildman–Crippen LogP) is 3.29. The summed E-state index contributed by atoms with van der Waals surface area (Å²) >= 11 is 8.96. The van der Waals surface area contributed by atoms with Crippen LogP contribution in [-0.2, 0) is 0 Å². The third kappa shape index (κ3) is 1.65. The van der Waals surface area contributed by atoms with Crippen LogP contribution in [-0.4, -0.2) is 10.1 Å². The van der Waals surface area contributed by atoms with E-state index in [9.17, 15) is 4.39 Å². The molecule has 0 saturated carbocycles. The van der Waals surface area contributed by atoms with E-state index in [1.807, 2.05) is 0 Å². The molecule has 2 aromatic rings. The molecule has 14 heavy (non-hydrogen) atoms. The smallest absolute Gasteiger partial charge is 0.214 e. The summed E-state index contributed by atoms with van der Waals surface area (Å²) in [4.78, 5) is 3.72. The van der Waals surface area contributed by atoms with Crippen LogP contribution in [0.3, 0.4) is 0 Å². The molecule has 1 aromatic heterocycles. The molecule has 0 spiro atoms. The van der Waals surface area contributed by atoms with Crippen molar-refractivity contribution in [1.82, 2.24) is 10.1 Å². The number of rotatable bonds is 1. The number of benzene rings is 1. The van der Waals surface area contributed by atoms with Gasteiger partial charge >= 0.3 is 0 Å². The van der Waals surface area contributed by atoms with Gasteiger partial charge in [-0.3, -0.25) is 0 Å². The zero-order valence-corrected chi connectivity index (χ0v) is 9.01. The molecule has 6 heteroatoms. The van der Waals surface area contributed by atoms with Crippen LogP contribution in [0.4, 0.5) is 4.39 Å². The van der Waals surface area contributed by atoms with Crippen LogP contribution in [0.15, 0.2) is 27.5 Å². The standard InChI is InChI=1S/C8H3BrClFN2O/c9-4-1-5(10)7(6(11)2-4)8-12-3-14-13-8/h1-3H. The van der Waals surface area contributed by atoms with Gasteiger partial charge in [-0.15, -0.1) is 0 Å². The summed E-state index contributed by atoms with van der Waals surface area (Å²) in [6, 6.07) is 2.86. The van der Waals surface area contributed by atoms with Gasteiger partial charge in [0.15, 0.2) is 0 Å². The van der Waals surface area contributed by atoms with Gasteiger partial charge in [-0.2, -0.15) is 4.98 Å². The Labute approximate surface area is 92.0 Å². The van der Waals surface area contributed by atoms with E-state index in [-0.39, 0.29) is 16.4 Å². The maximum absolute atomic E-state index is 13.4. The van der Waals surface area contributed by atoms with Crippen LogP contribution in [0, 0.1) is 5.82 Å². The summed E-state index contributed by atoms with van der Waals surface area (Å²) in [6.45, 7) is 0. The lowest BCUT2D eigenvalue weighted by atomic mass is 10.2. The Hall–Kier alpha value is -0.940. The highest BCUT2D eigenvalue weighted by Gasteiger charge is 2.14. The van der Waals surface area contributed by atoms with Crippen LogP contribution in [0.25, 0.3) is 11.4 Å². The quantitative estimate of drug-likeness (QED) is 0.803. The molecule has 0 atom stereocenters. The maximum atomic E-state index is 13.4. The van der Waals surface area contributed by atoms with Crippen molar-refractivity contribution in [3.8, 4) is 11.4 Å². The summed E-state index contributed by atoms with van der Waals surface area (Å²) in [5, 5.41) is 3.75. The summed E-state index contributed by atoms with van der Waals surface area (Å²) < 4.78 is 18.5. The first-order valence-corrected chi connectivity index (χ1v) is 4.77. The number of halogens is 3. The number of nitrogens with zero attached hydrogens (tertiary/aromatic N) is 2. The molecule has 0 bridgehead atoms. The van der Waals surface area contributed by atoms with Gasteiger partial charge < -0.3 is 4.52 Å². The minimum atomic E-state index is -0.495. The summed E-state index contributed by atoms with van der Waals surface area (Å²) in [7, 11) is 0. The third-order valence-corrected chi connectivity index (χ3v) is 2.35. The molecule has 1 aromatic carbocycles. The van der Waals surface area contributed by atoms with Crippen LogP contribution >= 0.6 is 27.5 Å². The van der Waals surface area contributed by atoms with Crippen molar-refractivity contribution in [3.63, 3.8) is 0 Å². The van der Waals surface area contributed by atoms with E-state index in [0.29, 0.717) is 4.47 Å². The Kier molecular flexibility index (Phi) is 2.52. The van der Waals surface area contributed by atoms with E-state index in [0.717, 1.165) is 6.39 Å². The molecule has 0 unspecified atom stereocenters. The van der Waals surface area contributed by atoms with Gasteiger partial charge in [-0.25, -0.2) is 4.39 Å². The average Bonchev–Trinajstić information content (AvgIpc) is 2.54. The van der Waals surface area contributed by atoms with Gasteiger partial charge in [0.05, 0.1) is 10.6 Å².